The van der Waals surface area contributed by atoms with E-state index in [-0.39, 0.29) is 0 Å². The summed E-state index contributed by atoms with van der Waals surface area (Å²) in [6.07, 6.45) is 2.68. The predicted molar refractivity (Wildman–Crippen MR) is 78.8 cm³/mol. The van der Waals surface area contributed by atoms with Gasteiger partial charge in [0.05, 0.1) is 11.0 Å². The number of nitrogens with two attached hydrogens (primary N) is 1. The third-order valence-corrected chi connectivity index (χ3v) is 3.75. The van der Waals surface area contributed by atoms with Crippen LogP contribution < -0.4 is 5.73 Å². The van der Waals surface area contributed by atoms with Crippen LogP contribution in [0.25, 0.3) is 11.0 Å². The first kappa shape index (κ1) is 12.2. The van der Waals surface area contributed by atoms with Gasteiger partial charge in [-0.15, -0.1) is 0 Å². The summed E-state index contributed by atoms with van der Waals surface area (Å²) in [7, 11) is 1.95. The fourth-order valence-corrected chi connectivity index (χ4v) is 2.57. The molecule has 0 fully saturated rings. The van der Waals surface area contributed by atoms with Crippen LogP contribution in [-0.2, 0) is 20.0 Å². The number of hydrogen-bond acceptors (Lipinski definition) is 3. The van der Waals surface area contributed by atoms with Crippen LogP contribution in [0, 0.1) is 0 Å². The molecule has 0 radical (unpaired) electrons. The highest BCUT2D eigenvalue weighted by molar-refractivity contribution is 9.10. The van der Waals surface area contributed by atoms with Crippen molar-refractivity contribution in [3.8, 4) is 0 Å². The molecule has 5 nitrogen and oxygen atoms in total. The molecule has 0 aliphatic carbocycles. The smallest absolute Gasteiger partial charge is 0.201 e. The molecule has 2 N–H and O–H groups in total. The van der Waals surface area contributed by atoms with Gasteiger partial charge in [0, 0.05) is 36.4 Å². The Morgan fingerprint density at radius 2 is 2.16 bits per heavy atom. The van der Waals surface area contributed by atoms with Gasteiger partial charge in [0.15, 0.2) is 0 Å². The third-order valence-electron chi connectivity index (χ3n) is 3.25. The molecule has 98 valence electrons. The van der Waals surface area contributed by atoms with Crippen LogP contribution in [-0.4, -0.2) is 19.3 Å². The minimum atomic E-state index is 0.551. The van der Waals surface area contributed by atoms with Crippen LogP contribution in [0.4, 0.5) is 5.95 Å². The lowest BCUT2D eigenvalue weighted by atomic mass is 10.3. The molecule has 0 saturated carbocycles. The van der Waals surface area contributed by atoms with E-state index in [1.54, 1.807) is 6.20 Å². The highest BCUT2D eigenvalue weighted by Crippen LogP contribution is 2.22. The SMILES string of the molecule is Cn1nccc1CCn1c(N)nc2ccc(Br)cc21. The van der Waals surface area contributed by atoms with Gasteiger partial charge in [-0.2, -0.15) is 5.10 Å². The molecule has 3 rings (SSSR count). The molecule has 0 spiro atoms. The van der Waals surface area contributed by atoms with E-state index in [1.165, 1.54) is 5.69 Å². The quantitative estimate of drug-likeness (QED) is 0.806. The van der Waals surface area contributed by atoms with E-state index in [9.17, 15) is 0 Å². The molecule has 0 bridgehead atoms. The van der Waals surface area contributed by atoms with Crippen LogP contribution in [0.3, 0.4) is 0 Å². The first-order chi connectivity index (χ1) is 9.15. The number of nitrogen functional groups attached to an aromatic ring is 1. The van der Waals surface area contributed by atoms with Gasteiger partial charge in [-0.1, -0.05) is 15.9 Å². The lowest BCUT2D eigenvalue weighted by Gasteiger charge is -2.07. The van der Waals surface area contributed by atoms with E-state index in [0.29, 0.717) is 5.95 Å². The minimum Gasteiger partial charge on any atom is -0.369 e. The van der Waals surface area contributed by atoms with Crippen molar-refractivity contribution in [1.29, 1.82) is 0 Å². The second-order valence-electron chi connectivity index (χ2n) is 4.45. The average Bonchev–Trinajstić information content (AvgIpc) is 2.90. The van der Waals surface area contributed by atoms with Crippen LogP contribution in [0.5, 0.6) is 0 Å². The van der Waals surface area contributed by atoms with Crippen molar-refractivity contribution in [3.63, 3.8) is 0 Å². The number of rotatable bonds is 3. The van der Waals surface area contributed by atoms with Gasteiger partial charge in [0.1, 0.15) is 0 Å². The van der Waals surface area contributed by atoms with Crippen LogP contribution in [0.2, 0.25) is 0 Å². The Labute approximate surface area is 119 Å². The highest BCUT2D eigenvalue weighted by atomic mass is 79.9. The van der Waals surface area contributed by atoms with Gasteiger partial charge < -0.3 is 10.3 Å². The zero-order valence-corrected chi connectivity index (χ0v) is 12.1. The summed E-state index contributed by atoms with van der Waals surface area (Å²) >= 11 is 3.48. The predicted octanol–water partition coefficient (Wildman–Crippen LogP) is 2.36. The van der Waals surface area contributed by atoms with Crippen LogP contribution in [0.15, 0.2) is 34.9 Å². The van der Waals surface area contributed by atoms with E-state index in [2.05, 4.69) is 26.0 Å². The van der Waals surface area contributed by atoms with Crippen LogP contribution in [0.1, 0.15) is 5.69 Å². The van der Waals surface area contributed by atoms with Crippen molar-refractivity contribution < 1.29 is 0 Å². The van der Waals surface area contributed by atoms with Gasteiger partial charge in [-0.25, -0.2) is 4.98 Å². The lowest BCUT2D eigenvalue weighted by molar-refractivity contribution is 0.651. The van der Waals surface area contributed by atoms with Gasteiger partial charge in [0.2, 0.25) is 5.95 Å². The van der Waals surface area contributed by atoms with Crippen molar-refractivity contribution in [2.24, 2.45) is 7.05 Å². The van der Waals surface area contributed by atoms with E-state index in [4.69, 9.17) is 5.73 Å². The third kappa shape index (κ3) is 2.23. The summed E-state index contributed by atoms with van der Waals surface area (Å²) in [6.45, 7) is 0.790. The van der Waals surface area contributed by atoms with E-state index < -0.39 is 0 Å². The molecule has 19 heavy (non-hydrogen) atoms. The van der Waals surface area contributed by atoms with Gasteiger partial charge in [-0.05, 0) is 24.3 Å². The molecule has 0 atom stereocenters. The number of benzene rings is 1. The molecule has 2 heterocycles. The number of aryl methyl sites for hydroxylation is 3. The molecular weight excluding hydrogens is 306 g/mol. The molecule has 0 saturated heterocycles. The molecule has 6 heteroatoms. The fraction of sp³-hybridized carbons (Fsp3) is 0.231. The Kier molecular flexibility index (Phi) is 3.02. The Morgan fingerprint density at radius 1 is 1.32 bits per heavy atom. The standard InChI is InChI=1S/C13H14BrN5/c1-18-10(4-6-16-18)5-7-19-12-8-9(14)2-3-11(12)17-13(19)15/h2-4,6,8H,5,7H2,1H3,(H2,15,17). The largest absolute Gasteiger partial charge is 0.369 e. The summed E-state index contributed by atoms with van der Waals surface area (Å²) in [5, 5.41) is 4.17. The summed E-state index contributed by atoms with van der Waals surface area (Å²) in [5.41, 5.74) is 9.14. The molecule has 2 aromatic heterocycles. The average molecular weight is 320 g/mol. The molecule has 1 aromatic carbocycles. The topological polar surface area (TPSA) is 61.7 Å². The van der Waals surface area contributed by atoms with Crippen molar-refractivity contribution in [3.05, 3.63) is 40.6 Å². The Balaban J connectivity index is 1.94. The molecule has 0 amide bonds. The minimum absolute atomic E-state index is 0.551. The van der Waals surface area contributed by atoms with Crippen LogP contribution >= 0.6 is 15.9 Å². The summed E-state index contributed by atoms with van der Waals surface area (Å²) < 4.78 is 4.94. The maximum absolute atomic E-state index is 6.00. The highest BCUT2D eigenvalue weighted by Gasteiger charge is 2.09. The molecule has 3 aromatic rings. The van der Waals surface area contributed by atoms with Crippen molar-refractivity contribution >= 4 is 32.9 Å². The zero-order chi connectivity index (χ0) is 13.4. The summed E-state index contributed by atoms with van der Waals surface area (Å²) in [4.78, 5) is 4.37. The van der Waals surface area contributed by atoms with Gasteiger partial charge in [0.25, 0.3) is 0 Å². The number of fused-ring (bicyclic) bond motifs is 1. The number of anilines is 1. The normalized spacial score (nSPS) is 11.3. The van der Waals surface area contributed by atoms with Gasteiger partial charge in [-0.3, -0.25) is 4.68 Å². The molecule has 0 unspecified atom stereocenters. The summed E-state index contributed by atoms with van der Waals surface area (Å²) in [6, 6.07) is 8.00. The first-order valence-corrected chi connectivity index (χ1v) is 6.82. The monoisotopic (exact) mass is 319 g/mol. The van der Waals surface area contributed by atoms with E-state index in [1.807, 2.05) is 40.6 Å². The van der Waals surface area contributed by atoms with Gasteiger partial charge >= 0.3 is 0 Å². The maximum atomic E-state index is 6.00. The number of aromatic nitrogens is 4. The van der Waals surface area contributed by atoms with Crippen molar-refractivity contribution in [2.45, 2.75) is 13.0 Å². The Bertz CT molecular complexity index is 728. The number of hydrogen-bond donors (Lipinski definition) is 1. The number of halogens is 1. The Morgan fingerprint density at radius 3 is 2.89 bits per heavy atom. The molecular formula is C13H14BrN5. The zero-order valence-electron chi connectivity index (χ0n) is 10.5. The van der Waals surface area contributed by atoms with E-state index in [0.717, 1.165) is 28.5 Å². The fourth-order valence-electron chi connectivity index (χ4n) is 2.22. The summed E-state index contributed by atoms with van der Waals surface area (Å²) in [5.74, 6) is 0.551. The van der Waals surface area contributed by atoms with Crippen molar-refractivity contribution in [1.82, 2.24) is 19.3 Å². The molecule has 0 aliphatic heterocycles. The molecule has 0 aliphatic rings. The first-order valence-electron chi connectivity index (χ1n) is 6.03. The second kappa shape index (κ2) is 4.70. The van der Waals surface area contributed by atoms with E-state index >= 15 is 0 Å². The maximum Gasteiger partial charge on any atom is 0.201 e. The number of imidazole rings is 1. The Hall–Kier alpha value is -1.82. The second-order valence-corrected chi connectivity index (χ2v) is 5.37. The lowest BCUT2D eigenvalue weighted by Crippen LogP contribution is -2.08. The van der Waals surface area contributed by atoms with Crippen molar-refractivity contribution in [2.75, 3.05) is 5.73 Å². The number of nitrogens with zero attached hydrogens (tertiary/aromatic N) is 4.